The summed E-state index contributed by atoms with van der Waals surface area (Å²) in [6.45, 7) is 7.26. The highest BCUT2D eigenvalue weighted by Gasteiger charge is 2.28. The third kappa shape index (κ3) is 4.27. The molecule has 0 unspecified atom stereocenters. The number of hydrogen-bond donors (Lipinski definition) is 1. The first kappa shape index (κ1) is 19.9. The van der Waals surface area contributed by atoms with Gasteiger partial charge in [0.1, 0.15) is 17.0 Å². The molecule has 2 amide bonds. The summed E-state index contributed by atoms with van der Waals surface area (Å²) in [5, 5.41) is 0. The quantitative estimate of drug-likeness (QED) is 0.704. The van der Waals surface area contributed by atoms with Crippen LogP contribution >= 0.6 is 0 Å². The van der Waals surface area contributed by atoms with Crippen molar-refractivity contribution in [2.75, 3.05) is 26.2 Å². The fourth-order valence-corrected chi connectivity index (χ4v) is 3.34. The summed E-state index contributed by atoms with van der Waals surface area (Å²) in [7, 11) is 0. The van der Waals surface area contributed by atoms with E-state index in [9.17, 15) is 9.59 Å². The van der Waals surface area contributed by atoms with E-state index in [1.54, 1.807) is 21.9 Å². The molecule has 3 aromatic rings. The lowest BCUT2D eigenvalue weighted by Gasteiger charge is -2.35. The molecule has 1 aromatic carbocycles. The van der Waals surface area contributed by atoms with E-state index in [0.717, 1.165) is 11.0 Å². The van der Waals surface area contributed by atoms with Crippen LogP contribution in [0.15, 0.2) is 42.5 Å². The maximum absolute atomic E-state index is 13.0. The molecule has 0 saturated carbocycles. The summed E-state index contributed by atoms with van der Waals surface area (Å²) in [4.78, 5) is 40.8. The van der Waals surface area contributed by atoms with Gasteiger partial charge in [0.2, 0.25) is 0 Å². The maximum Gasteiger partial charge on any atom is 0.410 e. The first-order valence-corrected chi connectivity index (χ1v) is 9.99. The lowest BCUT2D eigenvalue weighted by atomic mass is 10.2. The van der Waals surface area contributed by atoms with Gasteiger partial charge in [-0.05, 0) is 45.0 Å². The molecule has 0 radical (unpaired) electrons. The van der Waals surface area contributed by atoms with Crippen molar-refractivity contribution in [3.05, 3.63) is 48.2 Å². The first-order valence-electron chi connectivity index (χ1n) is 9.99. The fourth-order valence-electron chi connectivity index (χ4n) is 3.34. The highest BCUT2D eigenvalue weighted by Crippen LogP contribution is 2.20. The highest BCUT2D eigenvalue weighted by atomic mass is 16.6. The van der Waals surface area contributed by atoms with E-state index < -0.39 is 5.60 Å². The second-order valence-corrected chi connectivity index (χ2v) is 8.27. The molecule has 1 aliphatic rings. The molecule has 0 spiro atoms. The van der Waals surface area contributed by atoms with Crippen LogP contribution in [-0.4, -0.2) is 68.5 Å². The van der Waals surface area contributed by atoms with Crippen LogP contribution in [0.25, 0.3) is 22.6 Å². The van der Waals surface area contributed by atoms with E-state index in [0.29, 0.717) is 43.4 Å². The summed E-state index contributed by atoms with van der Waals surface area (Å²) in [5.74, 6) is 0.470. The van der Waals surface area contributed by atoms with Crippen molar-refractivity contribution in [2.45, 2.75) is 26.4 Å². The minimum absolute atomic E-state index is 0.156. The molecular formula is C22H25N5O3. The molecule has 1 aliphatic heterocycles. The van der Waals surface area contributed by atoms with Crippen LogP contribution in [0.4, 0.5) is 4.79 Å². The molecular weight excluding hydrogens is 382 g/mol. The lowest BCUT2D eigenvalue weighted by molar-refractivity contribution is 0.0140. The number of carbonyl (C=O) groups is 2. The highest BCUT2D eigenvalue weighted by molar-refractivity contribution is 5.93. The van der Waals surface area contributed by atoms with Gasteiger partial charge in [0.05, 0.1) is 11.0 Å². The van der Waals surface area contributed by atoms with Crippen LogP contribution in [0, 0.1) is 0 Å². The van der Waals surface area contributed by atoms with Crippen molar-refractivity contribution in [3.63, 3.8) is 0 Å². The summed E-state index contributed by atoms with van der Waals surface area (Å²) in [6, 6.07) is 13.1. The smallest absolute Gasteiger partial charge is 0.410 e. The Balaban J connectivity index is 1.44. The Morgan fingerprint density at radius 3 is 2.33 bits per heavy atom. The second-order valence-electron chi connectivity index (χ2n) is 8.27. The zero-order valence-electron chi connectivity index (χ0n) is 17.4. The van der Waals surface area contributed by atoms with Gasteiger partial charge in [-0.3, -0.25) is 4.79 Å². The molecule has 1 N–H and O–H groups in total. The molecule has 156 valence electrons. The number of imidazole rings is 1. The van der Waals surface area contributed by atoms with Crippen LogP contribution in [0.2, 0.25) is 0 Å². The number of H-pyrrole nitrogens is 1. The molecule has 4 rings (SSSR count). The Hall–Kier alpha value is -3.42. The van der Waals surface area contributed by atoms with Crippen LogP contribution in [-0.2, 0) is 4.74 Å². The summed E-state index contributed by atoms with van der Waals surface area (Å²) < 4.78 is 5.41. The number of pyridine rings is 1. The van der Waals surface area contributed by atoms with Crippen LogP contribution in [0.3, 0.4) is 0 Å². The van der Waals surface area contributed by atoms with Gasteiger partial charge >= 0.3 is 6.09 Å². The first-order chi connectivity index (χ1) is 14.3. The number of para-hydroxylation sites is 2. The Bertz CT molecular complexity index is 1040. The van der Waals surface area contributed by atoms with Gasteiger partial charge in [-0.15, -0.1) is 0 Å². The van der Waals surface area contributed by atoms with Gasteiger partial charge in [0.15, 0.2) is 5.82 Å². The van der Waals surface area contributed by atoms with E-state index in [1.807, 2.05) is 51.1 Å². The van der Waals surface area contributed by atoms with E-state index in [1.165, 1.54) is 0 Å². The predicted molar refractivity (Wildman–Crippen MR) is 113 cm³/mol. The van der Waals surface area contributed by atoms with Crippen LogP contribution in [0.1, 0.15) is 31.3 Å². The van der Waals surface area contributed by atoms with Crippen molar-refractivity contribution in [1.29, 1.82) is 0 Å². The van der Waals surface area contributed by atoms with Crippen molar-refractivity contribution in [2.24, 2.45) is 0 Å². The van der Waals surface area contributed by atoms with E-state index >= 15 is 0 Å². The topological polar surface area (TPSA) is 91.4 Å². The monoisotopic (exact) mass is 407 g/mol. The molecule has 3 heterocycles. The van der Waals surface area contributed by atoms with Crippen LogP contribution < -0.4 is 0 Å². The number of carbonyl (C=O) groups excluding carboxylic acids is 2. The Morgan fingerprint density at radius 2 is 1.63 bits per heavy atom. The number of nitrogens with zero attached hydrogens (tertiary/aromatic N) is 4. The lowest BCUT2D eigenvalue weighted by Crippen LogP contribution is -2.51. The number of aromatic amines is 1. The van der Waals surface area contributed by atoms with Gasteiger partial charge in [0.25, 0.3) is 5.91 Å². The van der Waals surface area contributed by atoms with Crippen molar-refractivity contribution in [1.82, 2.24) is 24.8 Å². The Labute approximate surface area is 174 Å². The zero-order valence-corrected chi connectivity index (χ0v) is 17.4. The molecule has 8 nitrogen and oxygen atoms in total. The number of amides is 2. The molecule has 0 aliphatic carbocycles. The van der Waals surface area contributed by atoms with Crippen LogP contribution in [0.5, 0.6) is 0 Å². The van der Waals surface area contributed by atoms with Gasteiger partial charge in [0, 0.05) is 26.2 Å². The number of piperazine rings is 1. The third-order valence-electron chi connectivity index (χ3n) is 4.82. The summed E-state index contributed by atoms with van der Waals surface area (Å²) >= 11 is 0. The number of benzene rings is 1. The zero-order chi connectivity index (χ0) is 21.3. The fraction of sp³-hybridized carbons (Fsp3) is 0.364. The second kappa shape index (κ2) is 7.78. The normalized spacial score (nSPS) is 14.8. The molecule has 8 heteroatoms. The summed E-state index contributed by atoms with van der Waals surface area (Å²) in [6.07, 6.45) is -0.348. The largest absolute Gasteiger partial charge is 0.444 e. The van der Waals surface area contributed by atoms with Crippen molar-refractivity contribution < 1.29 is 14.3 Å². The third-order valence-corrected chi connectivity index (χ3v) is 4.82. The maximum atomic E-state index is 13.0. The van der Waals surface area contributed by atoms with Gasteiger partial charge in [-0.1, -0.05) is 18.2 Å². The number of hydrogen-bond acceptors (Lipinski definition) is 5. The Kier molecular flexibility index (Phi) is 5.15. The number of rotatable bonds is 2. The number of nitrogens with one attached hydrogen (secondary N) is 1. The molecule has 1 saturated heterocycles. The van der Waals surface area contributed by atoms with Gasteiger partial charge in [-0.2, -0.15) is 0 Å². The minimum Gasteiger partial charge on any atom is -0.444 e. The molecule has 0 bridgehead atoms. The average molecular weight is 407 g/mol. The molecule has 1 fully saturated rings. The van der Waals surface area contributed by atoms with Crippen molar-refractivity contribution >= 4 is 23.0 Å². The minimum atomic E-state index is -0.537. The predicted octanol–water partition coefficient (Wildman–Crippen LogP) is 3.32. The molecule has 30 heavy (non-hydrogen) atoms. The van der Waals surface area contributed by atoms with Gasteiger partial charge in [-0.25, -0.2) is 14.8 Å². The standard InChI is InChI=1S/C22H25N5O3/c1-22(2,3)30-21(29)27-13-11-26(12-14-27)20(28)18-10-6-9-17(23-18)19-24-15-7-4-5-8-16(15)25-19/h4-10H,11-14H2,1-3H3,(H,24,25). The number of fused-ring (bicyclic) bond motifs is 1. The number of aromatic nitrogens is 3. The molecule has 2 aromatic heterocycles. The van der Waals surface area contributed by atoms with E-state index in [2.05, 4.69) is 15.0 Å². The SMILES string of the molecule is CC(C)(C)OC(=O)N1CCN(C(=O)c2cccc(-c3nc4ccccc4[nH]3)n2)CC1. The van der Waals surface area contributed by atoms with Crippen molar-refractivity contribution in [3.8, 4) is 11.5 Å². The van der Waals surface area contributed by atoms with E-state index in [4.69, 9.17) is 4.74 Å². The van der Waals surface area contributed by atoms with Gasteiger partial charge < -0.3 is 19.5 Å². The number of ether oxygens (including phenoxy) is 1. The molecule has 0 atom stereocenters. The summed E-state index contributed by atoms with van der Waals surface area (Å²) in [5.41, 5.74) is 2.21. The average Bonchev–Trinajstić information content (AvgIpc) is 3.16. The Morgan fingerprint density at radius 1 is 0.933 bits per heavy atom. The van der Waals surface area contributed by atoms with E-state index in [-0.39, 0.29) is 12.0 Å².